The van der Waals surface area contributed by atoms with Crippen LogP contribution in [0.25, 0.3) is 0 Å². The van der Waals surface area contributed by atoms with Crippen molar-refractivity contribution in [3.63, 3.8) is 0 Å². The maximum absolute atomic E-state index is 12.0. The van der Waals surface area contributed by atoms with Gasteiger partial charge in [-0.3, -0.25) is 4.79 Å². The van der Waals surface area contributed by atoms with Gasteiger partial charge in [0.2, 0.25) is 5.91 Å². The van der Waals surface area contributed by atoms with Gasteiger partial charge in [0.25, 0.3) is 0 Å². The van der Waals surface area contributed by atoms with E-state index < -0.39 is 0 Å². The van der Waals surface area contributed by atoms with Crippen molar-refractivity contribution in [2.75, 3.05) is 13.2 Å². The Kier molecular flexibility index (Phi) is 6.70. The number of rotatable bonds is 7. The SMILES string of the molecule is N#CCOC(CNC(=O)CC1CCCC1)c1cccc(Cl)c1. The van der Waals surface area contributed by atoms with Crippen molar-refractivity contribution in [1.29, 1.82) is 5.26 Å². The van der Waals surface area contributed by atoms with E-state index >= 15 is 0 Å². The van der Waals surface area contributed by atoms with Gasteiger partial charge in [0, 0.05) is 18.0 Å². The molecule has 4 nitrogen and oxygen atoms in total. The summed E-state index contributed by atoms with van der Waals surface area (Å²) in [6, 6.07) is 9.26. The number of nitriles is 1. The molecule has 118 valence electrons. The smallest absolute Gasteiger partial charge is 0.220 e. The molecule has 1 N–H and O–H groups in total. The first-order valence-corrected chi connectivity index (χ1v) is 8.07. The fourth-order valence-corrected chi connectivity index (χ4v) is 3.07. The standard InChI is InChI=1S/C17H21ClN2O2/c18-15-7-3-6-14(11-15)16(22-9-8-19)12-20-17(21)10-13-4-1-2-5-13/h3,6-7,11,13,16H,1-2,4-5,9-10,12H2,(H,20,21). The summed E-state index contributed by atoms with van der Waals surface area (Å²) >= 11 is 5.99. The van der Waals surface area contributed by atoms with Crippen LogP contribution in [0.4, 0.5) is 0 Å². The minimum absolute atomic E-state index is 0.0182. The van der Waals surface area contributed by atoms with Crippen LogP contribution in [0.1, 0.15) is 43.8 Å². The van der Waals surface area contributed by atoms with Crippen molar-refractivity contribution >= 4 is 17.5 Å². The molecule has 1 aliphatic rings. The third kappa shape index (κ3) is 5.32. The van der Waals surface area contributed by atoms with E-state index in [2.05, 4.69) is 5.32 Å². The summed E-state index contributed by atoms with van der Waals surface area (Å²) in [6.07, 6.45) is 4.99. The van der Waals surface area contributed by atoms with Crippen LogP contribution in [0.2, 0.25) is 5.02 Å². The van der Waals surface area contributed by atoms with E-state index in [0.717, 1.165) is 18.4 Å². The summed E-state index contributed by atoms with van der Waals surface area (Å²) in [5.74, 6) is 0.573. The van der Waals surface area contributed by atoms with E-state index in [-0.39, 0.29) is 18.6 Å². The largest absolute Gasteiger partial charge is 0.357 e. The number of halogens is 1. The van der Waals surface area contributed by atoms with E-state index in [1.807, 2.05) is 18.2 Å². The van der Waals surface area contributed by atoms with Crippen molar-refractivity contribution in [1.82, 2.24) is 5.32 Å². The Morgan fingerprint density at radius 3 is 2.91 bits per heavy atom. The zero-order valence-electron chi connectivity index (χ0n) is 12.6. The van der Waals surface area contributed by atoms with Crippen LogP contribution in [0.15, 0.2) is 24.3 Å². The van der Waals surface area contributed by atoms with Crippen LogP contribution in [0.3, 0.4) is 0 Å². The summed E-state index contributed by atoms with van der Waals surface area (Å²) < 4.78 is 5.52. The van der Waals surface area contributed by atoms with Crippen LogP contribution in [-0.4, -0.2) is 19.1 Å². The molecular formula is C17H21ClN2O2. The molecule has 1 saturated carbocycles. The Hall–Kier alpha value is -1.57. The first kappa shape index (κ1) is 16.8. The molecule has 0 aromatic heterocycles. The lowest BCUT2D eigenvalue weighted by atomic mass is 10.0. The maximum atomic E-state index is 12.0. The second-order valence-corrected chi connectivity index (χ2v) is 6.11. The number of benzene rings is 1. The summed E-state index contributed by atoms with van der Waals surface area (Å²) in [5, 5.41) is 12.2. The highest BCUT2D eigenvalue weighted by molar-refractivity contribution is 6.30. The molecule has 0 aliphatic heterocycles. The molecule has 0 saturated heterocycles. The van der Waals surface area contributed by atoms with Gasteiger partial charge in [-0.05, 0) is 36.5 Å². The van der Waals surface area contributed by atoms with E-state index in [4.69, 9.17) is 21.6 Å². The number of nitrogens with one attached hydrogen (secondary N) is 1. The summed E-state index contributed by atoms with van der Waals surface area (Å²) in [4.78, 5) is 12.0. The lowest BCUT2D eigenvalue weighted by molar-refractivity contribution is -0.122. The number of hydrogen-bond acceptors (Lipinski definition) is 3. The molecule has 1 fully saturated rings. The zero-order valence-corrected chi connectivity index (χ0v) is 13.3. The minimum atomic E-state index is -0.356. The van der Waals surface area contributed by atoms with Gasteiger partial charge in [0.15, 0.2) is 0 Å². The molecule has 0 radical (unpaired) electrons. The monoisotopic (exact) mass is 320 g/mol. The lowest BCUT2D eigenvalue weighted by Crippen LogP contribution is -2.30. The number of amides is 1. The van der Waals surface area contributed by atoms with Gasteiger partial charge in [-0.2, -0.15) is 5.26 Å². The van der Waals surface area contributed by atoms with Crippen LogP contribution in [-0.2, 0) is 9.53 Å². The highest BCUT2D eigenvalue weighted by Gasteiger charge is 2.19. The third-order valence-corrected chi connectivity index (χ3v) is 4.24. The maximum Gasteiger partial charge on any atom is 0.220 e. The van der Waals surface area contributed by atoms with E-state index in [1.165, 1.54) is 12.8 Å². The van der Waals surface area contributed by atoms with Crippen LogP contribution in [0.5, 0.6) is 0 Å². The van der Waals surface area contributed by atoms with Crippen molar-refractivity contribution in [3.05, 3.63) is 34.9 Å². The van der Waals surface area contributed by atoms with Gasteiger partial charge in [-0.15, -0.1) is 0 Å². The molecule has 1 aromatic rings. The Bertz CT molecular complexity index is 536. The Balaban J connectivity index is 1.89. The van der Waals surface area contributed by atoms with Gasteiger partial charge in [-0.25, -0.2) is 0 Å². The van der Waals surface area contributed by atoms with E-state index in [0.29, 0.717) is 23.9 Å². The average Bonchev–Trinajstić information content (AvgIpc) is 3.00. The molecule has 1 aromatic carbocycles. The third-order valence-electron chi connectivity index (χ3n) is 4.00. The van der Waals surface area contributed by atoms with Gasteiger partial charge < -0.3 is 10.1 Å². The number of carbonyl (C=O) groups is 1. The van der Waals surface area contributed by atoms with Crippen molar-refractivity contribution in [2.45, 2.75) is 38.2 Å². The molecule has 1 amide bonds. The molecule has 0 heterocycles. The summed E-state index contributed by atoms with van der Waals surface area (Å²) in [7, 11) is 0. The minimum Gasteiger partial charge on any atom is -0.357 e. The second-order valence-electron chi connectivity index (χ2n) is 5.67. The van der Waals surface area contributed by atoms with E-state index in [9.17, 15) is 4.79 Å². The van der Waals surface area contributed by atoms with Gasteiger partial charge in [0.05, 0.1) is 6.07 Å². The Labute approximate surface area is 136 Å². The van der Waals surface area contributed by atoms with Crippen molar-refractivity contribution < 1.29 is 9.53 Å². The van der Waals surface area contributed by atoms with Crippen LogP contribution in [0, 0.1) is 17.2 Å². The predicted octanol–water partition coefficient (Wildman–Crippen LogP) is 3.62. The molecule has 1 atom stereocenters. The molecule has 2 rings (SSSR count). The number of carbonyl (C=O) groups excluding carboxylic acids is 1. The fraction of sp³-hybridized carbons (Fsp3) is 0.529. The molecule has 0 bridgehead atoms. The number of ether oxygens (including phenoxy) is 1. The molecule has 5 heteroatoms. The normalized spacial score (nSPS) is 16.2. The van der Waals surface area contributed by atoms with Crippen molar-refractivity contribution in [3.8, 4) is 6.07 Å². The first-order valence-electron chi connectivity index (χ1n) is 7.69. The molecule has 1 aliphatic carbocycles. The van der Waals surface area contributed by atoms with Gasteiger partial charge in [0.1, 0.15) is 12.7 Å². The highest BCUT2D eigenvalue weighted by Crippen LogP contribution is 2.27. The fourth-order valence-electron chi connectivity index (χ4n) is 2.87. The number of hydrogen-bond donors (Lipinski definition) is 1. The quantitative estimate of drug-likeness (QED) is 0.834. The number of nitrogens with zero attached hydrogens (tertiary/aromatic N) is 1. The van der Waals surface area contributed by atoms with Crippen molar-refractivity contribution in [2.24, 2.45) is 5.92 Å². The topological polar surface area (TPSA) is 62.1 Å². The average molecular weight is 321 g/mol. The predicted molar refractivity (Wildman–Crippen MR) is 85.3 cm³/mol. The highest BCUT2D eigenvalue weighted by atomic mass is 35.5. The first-order chi connectivity index (χ1) is 10.7. The van der Waals surface area contributed by atoms with E-state index in [1.54, 1.807) is 12.1 Å². The summed E-state index contributed by atoms with van der Waals surface area (Å²) in [5.41, 5.74) is 0.865. The van der Waals surface area contributed by atoms with Gasteiger partial charge >= 0.3 is 0 Å². The summed E-state index contributed by atoms with van der Waals surface area (Å²) in [6.45, 7) is 0.337. The molecular weight excluding hydrogens is 300 g/mol. The van der Waals surface area contributed by atoms with Crippen LogP contribution >= 0.6 is 11.6 Å². The Morgan fingerprint density at radius 1 is 1.45 bits per heavy atom. The molecule has 22 heavy (non-hydrogen) atoms. The lowest BCUT2D eigenvalue weighted by Gasteiger charge is -2.18. The molecule has 1 unspecified atom stereocenters. The zero-order chi connectivity index (χ0) is 15.8. The van der Waals surface area contributed by atoms with Crippen LogP contribution < -0.4 is 5.32 Å². The van der Waals surface area contributed by atoms with Gasteiger partial charge in [-0.1, -0.05) is 36.6 Å². The molecule has 0 spiro atoms. The Morgan fingerprint density at radius 2 is 2.23 bits per heavy atom. The second kappa shape index (κ2) is 8.77.